The predicted octanol–water partition coefficient (Wildman–Crippen LogP) is -0.249. The second kappa shape index (κ2) is 8.41. The Hall–Kier alpha value is -1.16. The van der Waals surface area contributed by atoms with Crippen LogP contribution in [0.4, 0.5) is 13.2 Å². The smallest absolute Gasteiger partial charge is 0.314 e. The number of aromatic amines is 1. The molecule has 30 heavy (non-hydrogen) atoms. The largest absolute Gasteiger partial charge is 0.490 e. The standard InChI is InChI=1S/C9H12F3N2O13P3/c10-5-6(11)9(12,25-7(5)14-2-1-4(15)13-8(14)16)3-24-29(20,21)27-30(22,23)26-28(17,18)19/h1-2,5-7H,3H2,(H,20,21)(H,22,23)(H,13,15,16)(H2,17,18,19)/t5-,6+,7-,9-/m1/s1. The minimum absolute atomic E-state index is 0.269. The van der Waals surface area contributed by atoms with E-state index in [9.17, 15) is 41.3 Å². The molecule has 1 aliphatic heterocycles. The zero-order valence-electron chi connectivity index (χ0n) is 14.0. The number of rotatable bonds is 8. The lowest BCUT2D eigenvalue weighted by Crippen LogP contribution is -2.39. The second-order valence-electron chi connectivity index (χ2n) is 5.52. The molecule has 1 saturated heterocycles. The van der Waals surface area contributed by atoms with Gasteiger partial charge in [0.15, 0.2) is 18.6 Å². The minimum Gasteiger partial charge on any atom is -0.314 e. The number of nitrogens with zero attached hydrogens (tertiary/aromatic N) is 1. The van der Waals surface area contributed by atoms with Crippen molar-refractivity contribution in [3.8, 4) is 0 Å². The van der Waals surface area contributed by atoms with Gasteiger partial charge in [0.25, 0.3) is 11.4 Å². The van der Waals surface area contributed by atoms with Gasteiger partial charge in [0.1, 0.15) is 6.61 Å². The lowest BCUT2D eigenvalue weighted by atomic mass is 10.1. The molecule has 0 aliphatic carbocycles. The third-order valence-corrected chi connectivity index (χ3v) is 7.03. The van der Waals surface area contributed by atoms with Crippen molar-refractivity contribution in [3.05, 3.63) is 33.1 Å². The zero-order chi connectivity index (χ0) is 23.1. The first-order chi connectivity index (χ1) is 13.4. The van der Waals surface area contributed by atoms with Gasteiger partial charge in [0.2, 0.25) is 0 Å². The van der Waals surface area contributed by atoms with Gasteiger partial charge in [-0.1, -0.05) is 0 Å². The molecule has 6 atom stereocenters. The quantitative estimate of drug-likeness (QED) is 0.287. The number of H-pyrrole nitrogens is 1. The van der Waals surface area contributed by atoms with E-state index in [1.807, 2.05) is 0 Å². The lowest BCUT2D eigenvalue weighted by molar-refractivity contribution is -0.194. The van der Waals surface area contributed by atoms with Crippen molar-refractivity contribution in [2.24, 2.45) is 0 Å². The number of hydrogen-bond acceptors (Lipinski definition) is 9. The summed E-state index contributed by atoms with van der Waals surface area (Å²) in [5.41, 5.74) is -2.22. The van der Waals surface area contributed by atoms with Crippen LogP contribution in [0.15, 0.2) is 21.9 Å². The molecule has 1 aromatic heterocycles. The summed E-state index contributed by atoms with van der Waals surface area (Å²) < 4.78 is 91.3. The van der Waals surface area contributed by atoms with Crippen LogP contribution in [0.3, 0.4) is 0 Å². The molecule has 21 heteroatoms. The molecule has 0 aromatic carbocycles. The first-order valence-corrected chi connectivity index (χ1v) is 11.7. The van der Waals surface area contributed by atoms with Crippen LogP contribution < -0.4 is 11.2 Å². The summed E-state index contributed by atoms with van der Waals surface area (Å²) >= 11 is 0. The molecule has 0 bridgehead atoms. The molecule has 0 saturated carbocycles. The molecule has 172 valence electrons. The Labute approximate surface area is 162 Å². The molecule has 0 spiro atoms. The van der Waals surface area contributed by atoms with Gasteiger partial charge in [-0.2, -0.15) is 8.62 Å². The summed E-state index contributed by atoms with van der Waals surface area (Å²) in [6.45, 7) is -1.95. The monoisotopic (exact) mass is 506 g/mol. The lowest BCUT2D eigenvalue weighted by Gasteiger charge is -2.23. The minimum atomic E-state index is -5.93. The van der Waals surface area contributed by atoms with Gasteiger partial charge in [0, 0.05) is 12.3 Å². The van der Waals surface area contributed by atoms with Crippen LogP contribution in [0.2, 0.25) is 0 Å². The van der Waals surface area contributed by atoms with Crippen molar-refractivity contribution in [2.75, 3.05) is 6.61 Å². The summed E-state index contributed by atoms with van der Waals surface area (Å²) in [6.07, 6.45) is -7.75. The van der Waals surface area contributed by atoms with Crippen LogP contribution in [0.25, 0.3) is 0 Å². The van der Waals surface area contributed by atoms with Crippen molar-refractivity contribution < 1.29 is 64.3 Å². The molecule has 2 heterocycles. The van der Waals surface area contributed by atoms with E-state index in [2.05, 4.69) is 17.9 Å². The molecule has 1 fully saturated rings. The van der Waals surface area contributed by atoms with Crippen LogP contribution in [0, 0.1) is 0 Å². The Kier molecular flexibility index (Phi) is 7.04. The maximum atomic E-state index is 14.6. The van der Waals surface area contributed by atoms with Crippen molar-refractivity contribution in [3.63, 3.8) is 0 Å². The first kappa shape index (κ1) is 25.1. The summed E-state index contributed by atoms with van der Waals surface area (Å²) in [5.74, 6) is -3.84. The van der Waals surface area contributed by atoms with Crippen LogP contribution in [-0.2, 0) is 31.6 Å². The van der Waals surface area contributed by atoms with E-state index >= 15 is 0 Å². The van der Waals surface area contributed by atoms with Gasteiger partial charge in [-0.05, 0) is 0 Å². The number of hydrogen-bond donors (Lipinski definition) is 5. The second-order valence-corrected chi connectivity index (χ2v) is 9.94. The van der Waals surface area contributed by atoms with E-state index in [1.54, 1.807) is 4.98 Å². The summed E-state index contributed by atoms with van der Waals surface area (Å²) in [6, 6.07) is 0.703. The Morgan fingerprint density at radius 1 is 1.13 bits per heavy atom. The molecule has 1 aromatic rings. The average Bonchev–Trinajstić information content (AvgIpc) is 2.75. The molecule has 2 rings (SSSR count). The average molecular weight is 506 g/mol. The van der Waals surface area contributed by atoms with E-state index in [4.69, 9.17) is 14.7 Å². The highest BCUT2D eigenvalue weighted by molar-refractivity contribution is 7.66. The number of phosphoric ester groups is 1. The van der Waals surface area contributed by atoms with Gasteiger partial charge < -0.3 is 24.3 Å². The topological polar surface area (TPSA) is 224 Å². The van der Waals surface area contributed by atoms with Crippen molar-refractivity contribution in [1.29, 1.82) is 0 Å². The van der Waals surface area contributed by atoms with Crippen LogP contribution in [-0.4, -0.2) is 53.9 Å². The fourth-order valence-electron chi connectivity index (χ4n) is 2.14. The third-order valence-electron chi connectivity index (χ3n) is 3.25. The molecule has 15 nitrogen and oxygen atoms in total. The predicted molar refractivity (Wildman–Crippen MR) is 84.9 cm³/mol. The van der Waals surface area contributed by atoms with E-state index in [0.29, 0.717) is 12.3 Å². The highest BCUT2D eigenvalue weighted by atomic mass is 31.3. The van der Waals surface area contributed by atoms with Crippen LogP contribution >= 0.6 is 23.5 Å². The summed E-state index contributed by atoms with van der Waals surface area (Å²) in [7, 11) is -17.5. The maximum absolute atomic E-state index is 14.6. The van der Waals surface area contributed by atoms with Gasteiger partial charge in [-0.3, -0.25) is 18.9 Å². The van der Waals surface area contributed by atoms with Crippen molar-refractivity contribution in [2.45, 2.75) is 24.4 Å². The Morgan fingerprint density at radius 3 is 2.27 bits per heavy atom. The van der Waals surface area contributed by atoms with Gasteiger partial charge >= 0.3 is 29.2 Å². The Morgan fingerprint density at radius 2 is 1.73 bits per heavy atom. The highest BCUT2D eigenvalue weighted by Gasteiger charge is 2.60. The number of ether oxygens (including phenoxy) is 1. The maximum Gasteiger partial charge on any atom is 0.490 e. The molecular weight excluding hydrogens is 494 g/mol. The molecule has 0 radical (unpaired) electrons. The number of halogens is 3. The van der Waals surface area contributed by atoms with Crippen LogP contribution in [0.1, 0.15) is 6.23 Å². The third kappa shape index (κ3) is 6.18. The number of alkyl halides is 3. The molecule has 0 amide bonds. The Bertz CT molecular complexity index is 1060. The summed E-state index contributed by atoms with van der Waals surface area (Å²) in [5, 5.41) is 0. The van der Waals surface area contributed by atoms with Gasteiger partial charge in [0.05, 0.1) is 0 Å². The van der Waals surface area contributed by atoms with Crippen LogP contribution in [0.5, 0.6) is 0 Å². The van der Waals surface area contributed by atoms with Crippen molar-refractivity contribution in [1.82, 2.24) is 9.55 Å². The van der Waals surface area contributed by atoms with Gasteiger partial charge in [-0.15, -0.1) is 0 Å². The SMILES string of the molecule is O=c1ccn([C@@H]2O[C@](F)(COP(=O)(O)OP(=O)(O)OP(=O)(O)O)[C@@H](F)[C@H]2F)c(=O)[nH]1. The van der Waals surface area contributed by atoms with E-state index in [1.165, 1.54) is 0 Å². The molecule has 2 unspecified atom stereocenters. The van der Waals surface area contributed by atoms with E-state index < -0.39 is 65.8 Å². The fraction of sp³-hybridized carbons (Fsp3) is 0.556. The van der Waals surface area contributed by atoms with E-state index in [0.717, 1.165) is 0 Å². The number of aromatic nitrogens is 2. The highest BCUT2D eigenvalue weighted by Crippen LogP contribution is 2.66. The molecular formula is C9H12F3N2O13P3. The fourth-order valence-corrected chi connectivity index (χ4v) is 5.17. The normalized spacial score (nSPS) is 31.2. The number of phosphoric acid groups is 3. The van der Waals surface area contributed by atoms with Gasteiger partial charge in [-0.25, -0.2) is 31.7 Å². The zero-order valence-corrected chi connectivity index (χ0v) is 16.7. The number of nitrogens with one attached hydrogen (secondary N) is 1. The summed E-state index contributed by atoms with van der Waals surface area (Å²) in [4.78, 5) is 59.2. The molecule has 1 aliphatic rings. The first-order valence-electron chi connectivity index (χ1n) is 7.19. The molecule has 5 N–H and O–H groups in total. The Balaban J connectivity index is 2.15. The van der Waals surface area contributed by atoms with Crippen molar-refractivity contribution >= 4 is 23.5 Å². The van der Waals surface area contributed by atoms with E-state index in [-0.39, 0.29) is 4.57 Å².